The summed E-state index contributed by atoms with van der Waals surface area (Å²) in [7, 11) is 2.03. The van der Waals surface area contributed by atoms with Crippen LogP contribution in [0.2, 0.25) is 0 Å². The van der Waals surface area contributed by atoms with E-state index in [1.54, 1.807) is 0 Å². The second-order valence-corrected chi connectivity index (χ2v) is 8.16. The second kappa shape index (κ2) is 8.22. The number of nitrogens with one attached hydrogen (secondary N) is 2. The molecule has 0 aliphatic heterocycles. The number of anilines is 1. The van der Waals surface area contributed by atoms with Gasteiger partial charge in [0.05, 0.1) is 24.0 Å². The summed E-state index contributed by atoms with van der Waals surface area (Å²) in [5.41, 5.74) is 4.08. The van der Waals surface area contributed by atoms with Crippen LogP contribution in [-0.2, 0) is 6.54 Å². The molecule has 0 saturated heterocycles. The smallest absolute Gasteiger partial charge is 0.241 e. The molecule has 4 heterocycles. The van der Waals surface area contributed by atoms with Crippen molar-refractivity contribution in [2.24, 2.45) is 0 Å². The Balaban J connectivity index is 1.42. The highest BCUT2D eigenvalue weighted by molar-refractivity contribution is 5.82. The summed E-state index contributed by atoms with van der Waals surface area (Å²) in [4.78, 5) is 13.8. The van der Waals surface area contributed by atoms with Gasteiger partial charge in [0, 0.05) is 23.8 Å². The van der Waals surface area contributed by atoms with Gasteiger partial charge in [-0.2, -0.15) is 0 Å². The third-order valence-corrected chi connectivity index (χ3v) is 6.25. The van der Waals surface area contributed by atoms with Crippen molar-refractivity contribution in [1.29, 1.82) is 0 Å². The summed E-state index contributed by atoms with van der Waals surface area (Å²) in [5, 5.41) is 11.5. The van der Waals surface area contributed by atoms with Crippen LogP contribution >= 0.6 is 0 Å². The Morgan fingerprint density at radius 3 is 2.68 bits per heavy atom. The van der Waals surface area contributed by atoms with E-state index in [0.29, 0.717) is 23.7 Å². The Morgan fingerprint density at radius 1 is 1.10 bits per heavy atom. The van der Waals surface area contributed by atoms with E-state index in [9.17, 15) is 4.39 Å². The summed E-state index contributed by atoms with van der Waals surface area (Å²) in [6, 6.07) is 6.88. The van der Waals surface area contributed by atoms with Crippen LogP contribution in [0.15, 0.2) is 30.6 Å². The lowest BCUT2D eigenvalue weighted by Gasteiger charge is -2.28. The highest BCUT2D eigenvalue weighted by atomic mass is 19.1. The molecule has 0 radical (unpaired) electrons. The van der Waals surface area contributed by atoms with Gasteiger partial charge in [-0.25, -0.2) is 23.9 Å². The number of alkyl halides is 1. The van der Waals surface area contributed by atoms with E-state index in [0.717, 1.165) is 53.8 Å². The van der Waals surface area contributed by atoms with Crippen molar-refractivity contribution in [2.45, 2.75) is 51.2 Å². The molecular weight excluding hydrogens is 395 g/mol. The quantitative estimate of drug-likeness (QED) is 0.496. The van der Waals surface area contributed by atoms with Gasteiger partial charge in [0.25, 0.3) is 0 Å². The minimum absolute atomic E-state index is 0.254. The summed E-state index contributed by atoms with van der Waals surface area (Å²) in [6.45, 7) is 1.68. The van der Waals surface area contributed by atoms with Gasteiger partial charge in [-0.3, -0.25) is 0 Å². The molecule has 2 N–H and O–H groups in total. The van der Waals surface area contributed by atoms with Gasteiger partial charge in [0.15, 0.2) is 5.65 Å². The summed E-state index contributed by atoms with van der Waals surface area (Å²) in [6.07, 6.45) is 8.30. The van der Waals surface area contributed by atoms with Crippen LogP contribution in [0, 0.1) is 6.92 Å². The van der Waals surface area contributed by atoms with E-state index in [1.807, 2.05) is 53.6 Å². The molecule has 0 spiro atoms. The average Bonchev–Trinajstić information content (AvgIpc) is 3.35. The van der Waals surface area contributed by atoms with Crippen molar-refractivity contribution in [1.82, 2.24) is 34.4 Å². The zero-order valence-electron chi connectivity index (χ0n) is 17.8. The van der Waals surface area contributed by atoms with Crippen LogP contribution in [0.25, 0.3) is 27.9 Å². The predicted molar refractivity (Wildman–Crippen MR) is 119 cm³/mol. The Bertz CT molecular complexity index is 1210. The fourth-order valence-corrected chi connectivity index (χ4v) is 4.51. The first kappa shape index (κ1) is 19.9. The van der Waals surface area contributed by atoms with E-state index in [1.165, 1.54) is 0 Å². The first-order valence-electron chi connectivity index (χ1n) is 10.8. The average molecular weight is 423 g/mol. The molecule has 31 heavy (non-hydrogen) atoms. The van der Waals surface area contributed by atoms with Crippen LogP contribution in [-0.4, -0.2) is 54.9 Å². The number of nitrogens with zero attached hydrogens (tertiary/aromatic N) is 6. The normalized spacial score (nSPS) is 19.3. The summed E-state index contributed by atoms with van der Waals surface area (Å²) in [5.74, 6) is 1.41. The molecule has 1 saturated carbocycles. The van der Waals surface area contributed by atoms with Crippen molar-refractivity contribution in [3.63, 3.8) is 0 Å². The lowest BCUT2D eigenvalue weighted by Crippen LogP contribution is -2.35. The molecule has 1 aliphatic carbocycles. The first-order valence-corrected chi connectivity index (χ1v) is 10.8. The zero-order valence-corrected chi connectivity index (χ0v) is 17.8. The molecule has 1 fully saturated rings. The number of aromatic nitrogens is 6. The standard InChI is InChI=1S/C22H27FN8/c1-14-26-19-8-7-18(28-21(19)30(14)12-10-23)17-9-11-31-20(17)13-25-22(29-31)27-16-5-3-15(24-2)4-6-16/h7-9,11,13,15-16,24H,3-6,10,12H2,1-2H3,(H,27,29)/t15-,16-. The maximum absolute atomic E-state index is 13.0. The highest BCUT2D eigenvalue weighted by Crippen LogP contribution is 2.27. The molecule has 0 bridgehead atoms. The Morgan fingerprint density at radius 2 is 1.90 bits per heavy atom. The van der Waals surface area contributed by atoms with E-state index in [4.69, 9.17) is 4.98 Å². The molecule has 4 aromatic rings. The van der Waals surface area contributed by atoms with Gasteiger partial charge in [-0.15, -0.1) is 5.10 Å². The number of aryl methyl sites for hydroxylation is 2. The SMILES string of the molecule is CN[C@H]1CC[C@H](Nc2ncc3c(-c4ccc5nc(C)n(CCF)c5n4)ccn3n2)CC1. The van der Waals surface area contributed by atoms with E-state index in [2.05, 4.69) is 25.7 Å². The first-order chi connectivity index (χ1) is 15.2. The van der Waals surface area contributed by atoms with E-state index < -0.39 is 6.67 Å². The number of rotatable bonds is 6. The Kier molecular flexibility index (Phi) is 5.27. The summed E-state index contributed by atoms with van der Waals surface area (Å²) >= 11 is 0. The second-order valence-electron chi connectivity index (χ2n) is 8.16. The van der Waals surface area contributed by atoms with Crippen LogP contribution in [0.4, 0.5) is 10.3 Å². The molecule has 5 rings (SSSR count). The molecule has 0 atom stereocenters. The van der Waals surface area contributed by atoms with Crippen LogP contribution in [0.1, 0.15) is 31.5 Å². The van der Waals surface area contributed by atoms with Crippen LogP contribution in [0.3, 0.4) is 0 Å². The fourth-order valence-electron chi connectivity index (χ4n) is 4.51. The van der Waals surface area contributed by atoms with Crippen molar-refractivity contribution in [3.05, 3.63) is 36.4 Å². The molecule has 8 nitrogen and oxygen atoms in total. The third kappa shape index (κ3) is 3.74. The number of hydrogen-bond acceptors (Lipinski definition) is 6. The molecule has 162 valence electrons. The molecule has 4 aromatic heterocycles. The summed E-state index contributed by atoms with van der Waals surface area (Å²) < 4.78 is 16.6. The van der Waals surface area contributed by atoms with Gasteiger partial charge < -0.3 is 15.2 Å². The van der Waals surface area contributed by atoms with Crippen molar-refractivity contribution < 1.29 is 4.39 Å². The van der Waals surface area contributed by atoms with Gasteiger partial charge in [-0.05, 0) is 57.9 Å². The van der Waals surface area contributed by atoms with E-state index >= 15 is 0 Å². The molecule has 0 unspecified atom stereocenters. The van der Waals surface area contributed by atoms with Crippen molar-refractivity contribution in [2.75, 3.05) is 19.0 Å². The highest BCUT2D eigenvalue weighted by Gasteiger charge is 2.21. The van der Waals surface area contributed by atoms with Crippen molar-refractivity contribution in [3.8, 4) is 11.3 Å². The van der Waals surface area contributed by atoms with Gasteiger partial charge >= 0.3 is 0 Å². The van der Waals surface area contributed by atoms with Gasteiger partial charge in [0.1, 0.15) is 18.0 Å². The number of halogens is 1. The van der Waals surface area contributed by atoms with Gasteiger partial charge in [0.2, 0.25) is 5.95 Å². The Labute approximate surface area is 179 Å². The maximum atomic E-state index is 13.0. The van der Waals surface area contributed by atoms with Crippen LogP contribution < -0.4 is 10.6 Å². The van der Waals surface area contributed by atoms with E-state index in [-0.39, 0.29) is 6.54 Å². The van der Waals surface area contributed by atoms with Crippen LogP contribution in [0.5, 0.6) is 0 Å². The maximum Gasteiger partial charge on any atom is 0.241 e. The molecular formula is C22H27FN8. The lowest BCUT2D eigenvalue weighted by molar-refractivity contribution is 0.370. The minimum atomic E-state index is -0.451. The Hall–Kier alpha value is -3.07. The lowest BCUT2D eigenvalue weighted by atomic mass is 9.91. The monoisotopic (exact) mass is 422 g/mol. The third-order valence-electron chi connectivity index (χ3n) is 6.25. The number of pyridine rings is 1. The number of hydrogen-bond donors (Lipinski definition) is 2. The van der Waals surface area contributed by atoms with Crippen molar-refractivity contribution >= 4 is 22.6 Å². The number of imidazole rings is 1. The number of fused-ring (bicyclic) bond motifs is 2. The topological polar surface area (TPSA) is 85.0 Å². The fraction of sp³-hybridized carbons (Fsp3) is 0.455. The zero-order chi connectivity index (χ0) is 21.4. The largest absolute Gasteiger partial charge is 0.350 e. The molecule has 0 amide bonds. The van der Waals surface area contributed by atoms with Gasteiger partial charge in [-0.1, -0.05) is 0 Å². The molecule has 1 aliphatic rings. The predicted octanol–water partition coefficient (Wildman–Crippen LogP) is 3.36. The molecule has 0 aromatic carbocycles. The molecule has 9 heteroatoms. The minimum Gasteiger partial charge on any atom is -0.350 e.